The molecule has 21 heavy (non-hydrogen) atoms. The molecule has 112 valence electrons. The van der Waals surface area contributed by atoms with Crippen LogP contribution >= 0.6 is 15.9 Å². The summed E-state index contributed by atoms with van der Waals surface area (Å²) < 4.78 is 7.07. The summed E-state index contributed by atoms with van der Waals surface area (Å²) in [4.78, 5) is 0. The molecule has 1 unspecified atom stereocenters. The standard InChI is InChI=1S/C18H22BrNO/c1-12(20)16-11-14(19)8-9-17(16)21-15-7-5-6-13(10-15)18(2,3)4/h5-12H,20H2,1-4H3. The van der Waals surface area contributed by atoms with Crippen LogP contribution in [0, 0.1) is 0 Å². The molecule has 2 N–H and O–H groups in total. The van der Waals surface area contributed by atoms with Crippen molar-refractivity contribution in [1.29, 1.82) is 0 Å². The average Bonchev–Trinajstić information content (AvgIpc) is 2.40. The van der Waals surface area contributed by atoms with Crippen LogP contribution in [-0.2, 0) is 5.41 Å². The number of benzene rings is 2. The molecule has 2 aromatic rings. The first-order chi connectivity index (χ1) is 9.77. The molecule has 0 spiro atoms. The zero-order chi connectivity index (χ0) is 15.6. The number of ether oxygens (including phenoxy) is 1. The summed E-state index contributed by atoms with van der Waals surface area (Å²) in [5.41, 5.74) is 8.38. The van der Waals surface area contributed by atoms with Crippen LogP contribution in [0.1, 0.15) is 44.9 Å². The van der Waals surface area contributed by atoms with E-state index in [0.717, 1.165) is 21.5 Å². The van der Waals surface area contributed by atoms with Crippen LogP contribution in [0.25, 0.3) is 0 Å². The fraction of sp³-hybridized carbons (Fsp3) is 0.333. The van der Waals surface area contributed by atoms with Crippen molar-refractivity contribution in [3.63, 3.8) is 0 Å². The van der Waals surface area contributed by atoms with Gasteiger partial charge in [-0.15, -0.1) is 0 Å². The SMILES string of the molecule is CC(N)c1cc(Br)ccc1Oc1cccc(C(C)(C)C)c1. The highest BCUT2D eigenvalue weighted by Gasteiger charge is 2.15. The summed E-state index contributed by atoms with van der Waals surface area (Å²) in [7, 11) is 0. The molecule has 2 aromatic carbocycles. The third kappa shape index (κ3) is 4.08. The van der Waals surface area contributed by atoms with Crippen LogP contribution in [0.15, 0.2) is 46.9 Å². The van der Waals surface area contributed by atoms with Crippen LogP contribution in [0.5, 0.6) is 11.5 Å². The van der Waals surface area contributed by atoms with Gasteiger partial charge < -0.3 is 10.5 Å². The average molecular weight is 348 g/mol. The van der Waals surface area contributed by atoms with E-state index in [-0.39, 0.29) is 11.5 Å². The Labute approximate surface area is 135 Å². The molecule has 0 heterocycles. The second-order valence-electron chi connectivity index (χ2n) is 6.35. The quantitative estimate of drug-likeness (QED) is 0.788. The molecule has 0 aliphatic carbocycles. The molecule has 0 radical (unpaired) electrons. The highest BCUT2D eigenvalue weighted by atomic mass is 79.9. The molecule has 3 heteroatoms. The first kappa shape index (κ1) is 16.1. The molecule has 2 nitrogen and oxygen atoms in total. The zero-order valence-corrected chi connectivity index (χ0v) is 14.6. The molecule has 1 atom stereocenters. The van der Waals surface area contributed by atoms with Crippen molar-refractivity contribution in [2.24, 2.45) is 5.73 Å². The predicted octanol–water partition coefficient (Wildman–Crippen LogP) is 5.56. The van der Waals surface area contributed by atoms with Crippen molar-refractivity contribution < 1.29 is 4.74 Å². The Hall–Kier alpha value is -1.32. The third-order valence-electron chi connectivity index (χ3n) is 3.39. The van der Waals surface area contributed by atoms with Gasteiger partial charge >= 0.3 is 0 Å². The highest BCUT2D eigenvalue weighted by Crippen LogP contribution is 2.33. The minimum absolute atomic E-state index is 0.0803. The van der Waals surface area contributed by atoms with Crippen LogP contribution in [0.4, 0.5) is 0 Å². The van der Waals surface area contributed by atoms with Crippen molar-refractivity contribution in [3.05, 3.63) is 58.1 Å². The van der Waals surface area contributed by atoms with Gasteiger partial charge in [0.05, 0.1) is 0 Å². The fourth-order valence-electron chi connectivity index (χ4n) is 2.12. The third-order valence-corrected chi connectivity index (χ3v) is 3.88. The van der Waals surface area contributed by atoms with Crippen molar-refractivity contribution in [2.75, 3.05) is 0 Å². The van der Waals surface area contributed by atoms with E-state index in [1.54, 1.807) is 0 Å². The van der Waals surface area contributed by atoms with Gasteiger partial charge in [-0.05, 0) is 48.2 Å². The van der Waals surface area contributed by atoms with Gasteiger partial charge in [-0.3, -0.25) is 0 Å². The number of hydrogen-bond acceptors (Lipinski definition) is 2. The Morgan fingerprint density at radius 3 is 2.43 bits per heavy atom. The number of hydrogen-bond donors (Lipinski definition) is 1. The molecule has 0 aliphatic rings. The lowest BCUT2D eigenvalue weighted by Gasteiger charge is -2.20. The monoisotopic (exact) mass is 347 g/mol. The fourth-order valence-corrected chi connectivity index (χ4v) is 2.50. The van der Waals surface area contributed by atoms with E-state index in [0.29, 0.717) is 0 Å². The largest absolute Gasteiger partial charge is 0.457 e. The van der Waals surface area contributed by atoms with E-state index in [1.807, 2.05) is 37.3 Å². The van der Waals surface area contributed by atoms with Crippen molar-refractivity contribution in [2.45, 2.75) is 39.2 Å². The van der Waals surface area contributed by atoms with Crippen LogP contribution < -0.4 is 10.5 Å². The number of rotatable bonds is 3. The second kappa shape index (κ2) is 6.20. The van der Waals surface area contributed by atoms with Crippen molar-refractivity contribution >= 4 is 15.9 Å². The van der Waals surface area contributed by atoms with E-state index in [1.165, 1.54) is 5.56 Å². The van der Waals surface area contributed by atoms with Gasteiger partial charge in [0, 0.05) is 16.1 Å². The predicted molar refractivity (Wildman–Crippen MR) is 92.0 cm³/mol. The zero-order valence-electron chi connectivity index (χ0n) is 13.0. The summed E-state index contributed by atoms with van der Waals surface area (Å²) in [6.07, 6.45) is 0. The van der Waals surface area contributed by atoms with E-state index in [4.69, 9.17) is 10.5 Å². The summed E-state index contributed by atoms with van der Waals surface area (Å²) in [6.45, 7) is 8.54. The molecule has 0 saturated carbocycles. The van der Waals surface area contributed by atoms with E-state index >= 15 is 0 Å². The summed E-state index contributed by atoms with van der Waals surface area (Å²) in [5.74, 6) is 1.64. The Morgan fingerprint density at radius 1 is 1.10 bits per heavy atom. The smallest absolute Gasteiger partial charge is 0.132 e. The van der Waals surface area contributed by atoms with Gasteiger partial charge in [-0.1, -0.05) is 48.8 Å². The molecular formula is C18H22BrNO. The lowest BCUT2D eigenvalue weighted by Crippen LogP contribution is -2.11. The molecule has 0 fully saturated rings. The molecule has 2 rings (SSSR count). The van der Waals surface area contributed by atoms with Crippen molar-refractivity contribution in [3.8, 4) is 11.5 Å². The molecule has 0 amide bonds. The highest BCUT2D eigenvalue weighted by molar-refractivity contribution is 9.10. The van der Waals surface area contributed by atoms with Gasteiger partial charge in [0.1, 0.15) is 11.5 Å². The van der Waals surface area contributed by atoms with Gasteiger partial charge in [0.15, 0.2) is 0 Å². The van der Waals surface area contributed by atoms with Crippen LogP contribution in [0.2, 0.25) is 0 Å². The van der Waals surface area contributed by atoms with Crippen LogP contribution in [-0.4, -0.2) is 0 Å². The molecular weight excluding hydrogens is 326 g/mol. The summed E-state index contributed by atoms with van der Waals surface area (Å²) >= 11 is 3.48. The maximum absolute atomic E-state index is 6.06. The molecule has 0 aromatic heterocycles. The second-order valence-corrected chi connectivity index (χ2v) is 7.27. The Balaban J connectivity index is 2.35. The Kier molecular flexibility index (Phi) is 4.74. The molecule has 0 bridgehead atoms. The van der Waals surface area contributed by atoms with Gasteiger partial charge in [0.25, 0.3) is 0 Å². The summed E-state index contributed by atoms with van der Waals surface area (Å²) in [6, 6.07) is 14.1. The van der Waals surface area contributed by atoms with Crippen molar-refractivity contribution in [1.82, 2.24) is 0 Å². The maximum Gasteiger partial charge on any atom is 0.132 e. The van der Waals surface area contributed by atoms with Gasteiger partial charge in [-0.2, -0.15) is 0 Å². The van der Waals surface area contributed by atoms with Gasteiger partial charge in [-0.25, -0.2) is 0 Å². The topological polar surface area (TPSA) is 35.2 Å². The lowest BCUT2D eigenvalue weighted by atomic mass is 9.87. The molecule has 0 aliphatic heterocycles. The molecule has 0 saturated heterocycles. The maximum atomic E-state index is 6.06. The van der Waals surface area contributed by atoms with Crippen LogP contribution in [0.3, 0.4) is 0 Å². The van der Waals surface area contributed by atoms with E-state index in [2.05, 4.69) is 48.8 Å². The first-order valence-electron chi connectivity index (χ1n) is 7.11. The summed E-state index contributed by atoms with van der Waals surface area (Å²) in [5, 5.41) is 0. The van der Waals surface area contributed by atoms with Gasteiger partial charge in [0.2, 0.25) is 0 Å². The minimum atomic E-state index is -0.0803. The lowest BCUT2D eigenvalue weighted by molar-refractivity contribution is 0.468. The Morgan fingerprint density at radius 2 is 1.81 bits per heavy atom. The minimum Gasteiger partial charge on any atom is -0.457 e. The Bertz CT molecular complexity index is 629. The number of halogens is 1. The van der Waals surface area contributed by atoms with E-state index < -0.39 is 0 Å². The number of nitrogens with two attached hydrogens (primary N) is 1. The van der Waals surface area contributed by atoms with E-state index in [9.17, 15) is 0 Å². The first-order valence-corrected chi connectivity index (χ1v) is 7.90. The normalized spacial score (nSPS) is 13.0.